The molecule has 1 aromatic rings. The number of nitrogens with two attached hydrogens (primary N) is 1. The van der Waals surface area contributed by atoms with E-state index >= 15 is 0 Å². The van der Waals surface area contributed by atoms with Gasteiger partial charge in [-0.3, -0.25) is 4.98 Å². The molecular formula is C8H10N2. The van der Waals surface area contributed by atoms with Gasteiger partial charge in [-0.1, -0.05) is 12.6 Å². The molecule has 0 aliphatic carbocycles. The van der Waals surface area contributed by atoms with E-state index in [4.69, 9.17) is 5.73 Å². The van der Waals surface area contributed by atoms with Crippen molar-refractivity contribution in [3.63, 3.8) is 0 Å². The average Bonchev–Trinajstić information content (AvgIpc) is 2.05. The smallest absolute Gasteiger partial charge is 0.0668 e. The van der Waals surface area contributed by atoms with Gasteiger partial charge in [0.2, 0.25) is 0 Å². The van der Waals surface area contributed by atoms with Crippen LogP contribution in [0.3, 0.4) is 0 Å². The van der Waals surface area contributed by atoms with Gasteiger partial charge in [0.1, 0.15) is 0 Å². The number of nitrogens with zero attached hydrogens (tertiary/aromatic N) is 1. The molecule has 0 bridgehead atoms. The van der Waals surface area contributed by atoms with Crippen LogP contribution in [0.4, 0.5) is 0 Å². The molecule has 1 aromatic heterocycles. The Morgan fingerprint density at radius 3 is 2.90 bits per heavy atom. The molecule has 0 fully saturated rings. The quantitative estimate of drug-likeness (QED) is 0.656. The van der Waals surface area contributed by atoms with Crippen molar-refractivity contribution in [1.82, 2.24) is 4.98 Å². The summed E-state index contributed by atoms with van der Waals surface area (Å²) >= 11 is 0. The normalized spacial score (nSPS) is 9.30. The third-order valence-corrected chi connectivity index (χ3v) is 1.27. The third kappa shape index (κ3) is 1.42. The Morgan fingerprint density at radius 2 is 2.40 bits per heavy atom. The zero-order chi connectivity index (χ0) is 7.40. The van der Waals surface area contributed by atoms with Gasteiger partial charge in [0.15, 0.2) is 0 Å². The Kier molecular flexibility index (Phi) is 2.18. The summed E-state index contributed by atoms with van der Waals surface area (Å²) in [5.74, 6) is 0. The molecule has 2 heteroatoms. The van der Waals surface area contributed by atoms with E-state index in [0.717, 1.165) is 11.3 Å². The van der Waals surface area contributed by atoms with Crippen LogP contribution in [0, 0.1) is 0 Å². The Labute approximate surface area is 60.4 Å². The molecule has 2 N–H and O–H groups in total. The largest absolute Gasteiger partial charge is 0.326 e. The van der Waals surface area contributed by atoms with Crippen molar-refractivity contribution in [3.05, 3.63) is 36.7 Å². The van der Waals surface area contributed by atoms with E-state index in [-0.39, 0.29) is 0 Å². The lowest BCUT2D eigenvalue weighted by Crippen LogP contribution is -2.01. The highest BCUT2D eigenvalue weighted by Crippen LogP contribution is 2.04. The minimum Gasteiger partial charge on any atom is -0.326 e. The highest BCUT2D eigenvalue weighted by atomic mass is 14.7. The predicted octanol–water partition coefficient (Wildman–Crippen LogP) is 1.05. The van der Waals surface area contributed by atoms with Gasteiger partial charge in [0.25, 0.3) is 0 Å². The van der Waals surface area contributed by atoms with E-state index in [1.54, 1.807) is 6.20 Å². The van der Waals surface area contributed by atoms with Crippen molar-refractivity contribution in [2.24, 2.45) is 5.73 Å². The van der Waals surface area contributed by atoms with E-state index in [1.807, 2.05) is 18.2 Å². The van der Waals surface area contributed by atoms with Gasteiger partial charge in [0.05, 0.1) is 5.69 Å². The Hall–Kier alpha value is -1.15. The molecule has 0 saturated carbocycles. The molecule has 2 nitrogen and oxygen atoms in total. The summed E-state index contributed by atoms with van der Waals surface area (Å²) in [7, 11) is 0. The highest BCUT2D eigenvalue weighted by molar-refractivity contribution is 5.60. The lowest BCUT2D eigenvalue weighted by atomic mass is 10.2. The van der Waals surface area contributed by atoms with E-state index in [0.29, 0.717) is 6.54 Å². The van der Waals surface area contributed by atoms with Crippen LogP contribution in [0.2, 0.25) is 0 Å². The minimum atomic E-state index is 0.469. The summed E-state index contributed by atoms with van der Waals surface area (Å²) in [6.07, 6.45) is 1.73. The van der Waals surface area contributed by atoms with Crippen molar-refractivity contribution < 1.29 is 0 Å². The first-order chi connectivity index (χ1) is 4.84. The molecule has 0 aromatic carbocycles. The van der Waals surface area contributed by atoms with Crippen LogP contribution < -0.4 is 5.73 Å². The summed E-state index contributed by atoms with van der Waals surface area (Å²) in [5.41, 5.74) is 7.12. The van der Waals surface area contributed by atoms with Gasteiger partial charge < -0.3 is 5.73 Å². The number of rotatable bonds is 2. The van der Waals surface area contributed by atoms with Crippen molar-refractivity contribution in [1.29, 1.82) is 0 Å². The monoisotopic (exact) mass is 134 g/mol. The second-order valence-corrected chi connectivity index (χ2v) is 2.02. The summed E-state index contributed by atoms with van der Waals surface area (Å²) in [4.78, 5) is 4.07. The number of hydrogen-bond acceptors (Lipinski definition) is 2. The van der Waals surface area contributed by atoms with Crippen LogP contribution in [0.15, 0.2) is 31.0 Å². The Bertz CT molecular complexity index is 216. The van der Waals surface area contributed by atoms with Crippen molar-refractivity contribution in [2.45, 2.75) is 0 Å². The molecule has 0 unspecified atom stereocenters. The van der Waals surface area contributed by atoms with Gasteiger partial charge in [-0.05, 0) is 17.7 Å². The van der Waals surface area contributed by atoms with Crippen molar-refractivity contribution in [2.75, 3.05) is 6.54 Å². The molecule has 10 heavy (non-hydrogen) atoms. The van der Waals surface area contributed by atoms with Crippen molar-refractivity contribution in [3.8, 4) is 0 Å². The summed E-state index contributed by atoms with van der Waals surface area (Å²) in [6, 6.07) is 5.69. The van der Waals surface area contributed by atoms with E-state index in [9.17, 15) is 0 Å². The molecule has 1 rings (SSSR count). The fourth-order valence-corrected chi connectivity index (χ4v) is 0.676. The number of pyridine rings is 1. The van der Waals surface area contributed by atoms with Crippen LogP contribution in [-0.4, -0.2) is 11.5 Å². The molecule has 0 atom stereocenters. The van der Waals surface area contributed by atoms with Crippen molar-refractivity contribution >= 4 is 5.57 Å². The first-order valence-corrected chi connectivity index (χ1v) is 3.14. The molecular weight excluding hydrogens is 124 g/mol. The van der Waals surface area contributed by atoms with E-state index in [1.165, 1.54) is 0 Å². The van der Waals surface area contributed by atoms with Crippen LogP contribution in [-0.2, 0) is 0 Å². The summed E-state index contributed by atoms with van der Waals surface area (Å²) < 4.78 is 0. The number of aromatic nitrogens is 1. The second-order valence-electron chi connectivity index (χ2n) is 2.02. The fraction of sp³-hybridized carbons (Fsp3) is 0.125. The Balaban J connectivity index is 2.85. The van der Waals surface area contributed by atoms with E-state index < -0.39 is 0 Å². The Morgan fingerprint density at radius 1 is 1.60 bits per heavy atom. The molecule has 0 aliphatic rings. The van der Waals surface area contributed by atoms with Gasteiger partial charge in [-0.25, -0.2) is 0 Å². The van der Waals surface area contributed by atoms with Crippen LogP contribution in [0.25, 0.3) is 5.57 Å². The third-order valence-electron chi connectivity index (χ3n) is 1.27. The summed E-state index contributed by atoms with van der Waals surface area (Å²) in [5, 5.41) is 0. The van der Waals surface area contributed by atoms with Crippen LogP contribution in [0.1, 0.15) is 5.69 Å². The molecule has 0 aliphatic heterocycles. The van der Waals surface area contributed by atoms with Gasteiger partial charge in [0, 0.05) is 12.7 Å². The zero-order valence-corrected chi connectivity index (χ0v) is 5.75. The molecule has 52 valence electrons. The fourth-order valence-electron chi connectivity index (χ4n) is 0.676. The predicted molar refractivity (Wildman–Crippen MR) is 42.3 cm³/mol. The standard InChI is InChI=1S/C8H10N2/c1-7(6-9)8-4-2-3-5-10-8/h2-5H,1,6,9H2. The molecule has 0 spiro atoms. The second kappa shape index (κ2) is 3.13. The molecule has 0 saturated heterocycles. The average molecular weight is 134 g/mol. The van der Waals surface area contributed by atoms with E-state index in [2.05, 4.69) is 11.6 Å². The zero-order valence-electron chi connectivity index (χ0n) is 5.75. The van der Waals surface area contributed by atoms with Crippen LogP contribution >= 0.6 is 0 Å². The van der Waals surface area contributed by atoms with Crippen LogP contribution in [0.5, 0.6) is 0 Å². The molecule has 0 radical (unpaired) electrons. The maximum absolute atomic E-state index is 5.36. The molecule has 0 amide bonds. The minimum absolute atomic E-state index is 0.469. The topological polar surface area (TPSA) is 38.9 Å². The number of hydrogen-bond donors (Lipinski definition) is 1. The van der Waals surface area contributed by atoms with Gasteiger partial charge >= 0.3 is 0 Å². The lowest BCUT2D eigenvalue weighted by molar-refractivity contribution is 1.20. The maximum Gasteiger partial charge on any atom is 0.0668 e. The van der Waals surface area contributed by atoms with Gasteiger partial charge in [-0.2, -0.15) is 0 Å². The first-order valence-electron chi connectivity index (χ1n) is 3.14. The molecule has 1 heterocycles. The summed E-state index contributed by atoms with van der Waals surface area (Å²) in [6.45, 7) is 4.23. The highest BCUT2D eigenvalue weighted by Gasteiger charge is 1.93. The van der Waals surface area contributed by atoms with Gasteiger partial charge in [-0.15, -0.1) is 0 Å². The maximum atomic E-state index is 5.36. The first kappa shape index (κ1) is 6.96. The lowest BCUT2D eigenvalue weighted by Gasteiger charge is -1.98. The SMILES string of the molecule is C=C(CN)c1ccccn1.